The molecule has 2 rings (SSSR count). The Bertz CT molecular complexity index is 856. The van der Waals surface area contributed by atoms with Gasteiger partial charge < -0.3 is 19.9 Å². The van der Waals surface area contributed by atoms with E-state index in [-0.39, 0.29) is 17.2 Å². The molecule has 2 aromatic carbocycles. The number of rotatable bonds is 8. The first-order valence-electron chi connectivity index (χ1n) is 7.27. The molecule has 0 atom stereocenters. The number of carboxylic acid groups (broad SMARTS) is 1. The highest BCUT2D eigenvalue weighted by Gasteiger charge is 2.43. The Labute approximate surface area is 150 Å². The molecule has 0 heterocycles. The molecular formula is C16H12F2N2O7. The highest BCUT2D eigenvalue weighted by atomic mass is 19.3. The number of nitrogens with one attached hydrogen (secondary N) is 1. The normalized spacial score (nSPS) is 10.7. The lowest BCUT2D eigenvalue weighted by Crippen LogP contribution is -2.46. The lowest BCUT2D eigenvalue weighted by Gasteiger charge is -2.18. The van der Waals surface area contributed by atoms with Gasteiger partial charge in [0.1, 0.15) is 12.3 Å². The van der Waals surface area contributed by atoms with E-state index in [1.165, 1.54) is 35.6 Å². The van der Waals surface area contributed by atoms with Crippen molar-refractivity contribution in [1.29, 1.82) is 0 Å². The SMILES string of the molecule is O=C(O)CNC(=O)C(F)(F)Oc1ccccc1Oc1ccc([N+](=O)[O-])cc1. The fourth-order valence-corrected chi connectivity index (χ4v) is 1.82. The van der Waals surface area contributed by atoms with Crippen molar-refractivity contribution in [3.8, 4) is 17.2 Å². The van der Waals surface area contributed by atoms with Crippen LogP contribution >= 0.6 is 0 Å². The number of benzene rings is 2. The van der Waals surface area contributed by atoms with Gasteiger partial charge in [-0.05, 0) is 24.3 Å². The summed E-state index contributed by atoms with van der Waals surface area (Å²) in [5.41, 5.74) is -0.187. The van der Waals surface area contributed by atoms with Crippen molar-refractivity contribution in [2.24, 2.45) is 0 Å². The Balaban J connectivity index is 2.16. The van der Waals surface area contributed by atoms with Crippen LogP contribution in [0.3, 0.4) is 0 Å². The number of para-hydroxylation sites is 2. The number of nitro benzene ring substituents is 1. The van der Waals surface area contributed by atoms with E-state index in [1.807, 2.05) is 0 Å². The molecule has 2 N–H and O–H groups in total. The van der Waals surface area contributed by atoms with Gasteiger partial charge in [0.25, 0.3) is 5.69 Å². The van der Waals surface area contributed by atoms with Crippen LogP contribution in [-0.2, 0) is 9.59 Å². The fraction of sp³-hybridized carbons (Fsp3) is 0.125. The van der Waals surface area contributed by atoms with E-state index >= 15 is 0 Å². The Morgan fingerprint density at radius 1 is 1.11 bits per heavy atom. The van der Waals surface area contributed by atoms with Crippen LogP contribution in [0.2, 0.25) is 0 Å². The molecule has 0 aromatic heterocycles. The molecule has 2 aromatic rings. The predicted octanol–water partition coefficient (Wildman–Crippen LogP) is 2.56. The van der Waals surface area contributed by atoms with Gasteiger partial charge in [-0.1, -0.05) is 12.1 Å². The second-order valence-corrected chi connectivity index (χ2v) is 5.00. The minimum atomic E-state index is -4.36. The number of hydrogen-bond acceptors (Lipinski definition) is 6. The smallest absolute Gasteiger partial charge is 0.480 e. The first kappa shape index (κ1) is 19.6. The lowest BCUT2D eigenvalue weighted by molar-refractivity contribution is -0.384. The summed E-state index contributed by atoms with van der Waals surface area (Å²) in [5, 5.41) is 20.6. The minimum absolute atomic E-state index is 0.107. The Morgan fingerprint density at radius 2 is 1.70 bits per heavy atom. The van der Waals surface area contributed by atoms with E-state index in [4.69, 9.17) is 9.84 Å². The van der Waals surface area contributed by atoms with E-state index in [0.717, 1.165) is 18.2 Å². The van der Waals surface area contributed by atoms with E-state index in [0.29, 0.717) is 0 Å². The van der Waals surface area contributed by atoms with Crippen molar-refractivity contribution in [1.82, 2.24) is 5.32 Å². The van der Waals surface area contributed by atoms with Crippen molar-refractivity contribution < 1.29 is 37.9 Å². The van der Waals surface area contributed by atoms with Gasteiger partial charge in [0.2, 0.25) is 0 Å². The number of carbonyl (C=O) groups is 2. The number of ether oxygens (including phenoxy) is 2. The van der Waals surface area contributed by atoms with Gasteiger partial charge in [-0.25, -0.2) is 0 Å². The molecule has 0 saturated heterocycles. The summed E-state index contributed by atoms with van der Waals surface area (Å²) in [6.07, 6.45) is -4.36. The van der Waals surface area contributed by atoms with Crippen molar-refractivity contribution in [3.63, 3.8) is 0 Å². The van der Waals surface area contributed by atoms with Gasteiger partial charge in [-0.3, -0.25) is 19.7 Å². The molecule has 142 valence electrons. The van der Waals surface area contributed by atoms with Crippen LogP contribution in [0.15, 0.2) is 48.5 Å². The Kier molecular flexibility index (Phi) is 5.85. The van der Waals surface area contributed by atoms with Gasteiger partial charge in [-0.15, -0.1) is 0 Å². The summed E-state index contributed by atoms with van der Waals surface area (Å²) in [7, 11) is 0. The number of amides is 1. The molecule has 0 unspecified atom stereocenters. The third-order valence-electron chi connectivity index (χ3n) is 3.03. The Morgan fingerprint density at radius 3 is 2.26 bits per heavy atom. The van der Waals surface area contributed by atoms with E-state index < -0.39 is 35.2 Å². The number of hydrogen-bond donors (Lipinski definition) is 2. The van der Waals surface area contributed by atoms with Crippen LogP contribution in [0.4, 0.5) is 14.5 Å². The summed E-state index contributed by atoms with van der Waals surface area (Å²) in [6, 6.07) is 10.0. The summed E-state index contributed by atoms with van der Waals surface area (Å²) in [5.74, 6) is -4.00. The number of nitrogens with zero attached hydrogens (tertiary/aromatic N) is 1. The molecule has 0 aliphatic rings. The van der Waals surface area contributed by atoms with Crippen LogP contribution in [-0.4, -0.2) is 34.6 Å². The van der Waals surface area contributed by atoms with Crippen LogP contribution < -0.4 is 14.8 Å². The second kappa shape index (κ2) is 8.08. The van der Waals surface area contributed by atoms with Crippen molar-refractivity contribution in [2.75, 3.05) is 6.54 Å². The van der Waals surface area contributed by atoms with Gasteiger partial charge >= 0.3 is 18.0 Å². The topological polar surface area (TPSA) is 128 Å². The molecule has 27 heavy (non-hydrogen) atoms. The molecule has 0 aliphatic carbocycles. The highest BCUT2D eigenvalue weighted by molar-refractivity contribution is 5.85. The molecule has 0 bridgehead atoms. The van der Waals surface area contributed by atoms with Gasteiger partial charge in [0.05, 0.1) is 4.92 Å². The van der Waals surface area contributed by atoms with Crippen LogP contribution in [0, 0.1) is 10.1 Å². The van der Waals surface area contributed by atoms with E-state index in [1.54, 1.807) is 0 Å². The second-order valence-electron chi connectivity index (χ2n) is 5.00. The monoisotopic (exact) mass is 382 g/mol. The maximum atomic E-state index is 13.9. The van der Waals surface area contributed by atoms with Crippen molar-refractivity contribution in [2.45, 2.75) is 6.11 Å². The minimum Gasteiger partial charge on any atom is -0.480 e. The summed E-state index contributed by atoms with van der Waals surface area (Å²) in [4.78, 5) is 31.8. The number of halogens is 2. The number of aliphatic carboxylic acids is 1. The molecule has 0 aliphatic heterocycles. The average molecular weight is 382 g/mol. The zero-order chi connectivity index (χ0) is 20.0. The van der Waals surface area contributed by atoms with E-state index in [9.17, 15) is 28.5 Å². The number of non-ortho nitro benzene ring substituents is 1. The fourth-order valence-electron chi connectivity index (χ4n) is 1.82. The highest BCUT2D eigenvalue weighted by Crippen LogP contribution is 2.35. The molecule has 11 heteroatoms. The van der Waals surface area contributed by atoms with Crippen molar-refractivity contribution in [3.05, 3.63) is 58.6 Å². The molecular weight excluding hydrogens is 370 g/mol. The molecule has 1 amide bonds. The number of carbonyl (C=O) groups excluding carboxylic acids is 1. The summed E-state index contributed by atoms with van der Waals surface area (Å²) < 4.78 is 37.5. The first-order valence-corrected chi connectivity index (χ1v) is 7.27. The predicted molar refractivity (Wildman–Crippen MR) is 85.8 cm³/mol. The van der Waals surface area contributed by atoms with Crippen molar-refractivity contribution >= 4 is 17.6 Å². The number of nitro groups is 1. The molecule has 0 spiro atoms. The van der Waals surface area contributed by atoms with Gasteiger partial charge in [0, 0.05) is 12.1 Å². The summed E-state index contributed by atoms with van der Waals surface area (Å²) >= 11 is 0. The molecule has 0 saturated carbocycles. The maximum absolute atomic E-state index is 13.9. The van der Waals surface area contributed by atoms with Gasteiger partial charge in [0.15, 0.2) is 11.5 Å². The van der Waals surface area contributed by atoms with E-state index in [2.05, 4.69) is 4.74 Å². The lowest BCUT2D eigenvalue weighted by atomic mass is 10.3. The zero-order valence-electron chi connectivity index (χ0n) is 13.4. The molecule has 9 nitrogen and oxygen atoms in total. The Hall–Kier alpha value is -3.76. The molecule has 0 fully saturated rings. The standard InChI is InChI=1S/C16H12F2N2O7/c17-16(18,15(23)19-9-14(21)22)27-13-4-2-1-3-12(13)26-11-7-5-10(6-8-11)20(24)25/h1-8H,9H2,(H,19,23)(H,21,22). The van der Waals surface area contributed by atoms with Crippen LogP contribution in [0.1, 0.15) is 0 Å². The third kappa shape index (κ3) is 5.36. The third-order valence-corrected chi connectivity index (χ3v) is 3.03. The zero-order valence-corrected chi connectivity index (χ0v) is 13.4. The number of alkyl halides is 2. The maximum Gasteiger partial charge on any atom is 0.482 e. The summed E-state index contributed by atoms with van der Waals surface area (Å²) in [6.45, 7) is -1.00. The van der Waals surface area contributed by atoms with Gasteiger partial charge in [-0.2, -0.15) is 8.78 Å². The van der Waals surface area contributed by atoms with Crippen LogP contribution in [0.5, 0.6) is 17.2 Å². The number of carboxylic acids is 1. The first-order chi connectivity index (χ1) is 12.7. The molecule has 0 radical (unpaired) electrons. The largest absolute Gasteiger partial charge is 0.482 e. The average Bonchev–Trinajstić information content (AvgIpc) is 2.61. The quantitative estimate of drug-likeness (QED) is 0.530. The van der Waals surface area contributed by atoms with Crippen LogP contribution in [0.25, 0.3) is 0 Å².